The van der Waals surface area contributed by atoms with Crippen molar-refractivity contribution in [2.75, 3.05) is 27.2 Å². The van der Waals surface area contributed by atoms with E-state index in [1.807, 2.05) is 30.4 Å². The standard InChI is InChI=1S/C27H31BrN4O6/c1-31-12-6-4-3-5-7-16-14-27(16,25(34)35)30-23(33)20-13-17(15-32(20)26(31)36)38-24-19-8-9-21(37-2)22(28)18(19)10-11-29-24/h5,7-11,16-17,20H,3-4,6,12-15H2,1-2H3,(H,30,33)(H,34,35). The molecule has 202 valence electrons. The third-order valence-electron chi connectivity index (χ3n) is 7.67. The molecule has 38 heavy (non-hydrogen) atoms. The highest BCUT2D eigenvalue weighted by molar-refractivity contribution is 9.10. The van der Waals surface area contributed by atoms with E-state index in [0.717, 1.165) is 34.5 Å². The molecule has 3 amide bonds. The second kappa shape index (κ2) is 10.4. The van der Waals surface area contributed by atoms with Crippen LogP contribution in [0.2, 0.25) is 0 Å². The number of amides is 3. The molecule has 2 aromatic rings. The van der Waals surface area contributed by atoms with Gasteiger partial charge >= 0.3 is 12.0 Å². The van der Waals surface area contributed by atoms with Gasteiger partial charge in [0.05, 0.1) is 18.1 Å². The molecule has 3 aliphatic rings. The van der Waals surface area contributed by atoms with Crippen LogP contribution in [-0.2, 0) is 9.59 Å². The zero-order valence-electron chi connectivity index (χ0n) is 21.4. The summed E-state index contributed by atoms with van der Waals surface area (Å²) in [6, 6.07) is 4.38. The second-order valence-electron chi connectivity index (χ2n) is 10.1. The summed E-state index contributed by atoms with van der Waals surface area (Å²) in [6.07, 6.45) is 8.05. The van der Waals surface area contributed by atoms with Gasteiger partial charge in [0.1, 0.15) is 23.4 Å². The number of hydrogen-bond donors (Lipinski definition) is 2. The van der Waals surface area contributed by atoms with Crippen molar-refractivity contribution in [2.45, 2.75) is 49.8 Å². The fourth-order valence-electron chi connectivity index (χ4n) is 5.38. The number of allylic oxidation sites excluding steroid dienone is 1. The molecule has 0 bridgehead atoms. The Kier molecular flexibility index (Phi) is 7.21. The monoisotopic (exact) mass is 586 g/mol. The number of urea groups is 1. The third-order valence-corrected chi connectivity index (χ3v) is 8.49. The van der Waals surface area contributed by atoms with Gasteiger partial charge in [0.15, 0.2) is 0 Å². The number of carbonyl (C=O) groups is 3. The SMILES string of the molecule is COc1ccc2c(OC3CC4C(=O)NC5(C(=O)O)CC5C=CCCCCN(C)C(=O)N4C3)nccc2c1Br. The number of nitrogens with one attached hydrogen (secondary N) is 1. The van der Waals surface area contributed by atoms with Gasteiger partial charge in [0.25, 0.3) is 0 Å². The minimum Gasteiger partial charge on any atom is -0.496 e. The zero-order valence-corrected chi connectivity index (χ0v) is 22.9. The first kappa shape index (κ1) is 26.3. The highest BCUT2D eigenvalue weighted by Crippen LogP contribution is 2.45. The predicted molar refractivity (Wildman–Crippen MR) is 143 cm³/mol. The quantitative estimate of drug-likeness (QED) is 0.525. The molecule has 4 atom stereocenters. The van der Waals surface area contributed by atoms with Gasteiger partial charge < -0.3 is 29.7 Å². The lowest BCUT2D eigenvalue weighted by atomic mass is 10.1. The van der Waals surface area contributed by atoms with Gasteiger partial charge in [-0.05, 0) is 59.8 Å². The molecular weight excluding hydrogens is 556 g/mol. The maximum Gasteiger partial charge on any atom is 0.330 e. The molecule has 5 rings (SSSR count). The molecule has 3 heterocycles. The molecule has 0 spiro atoms. The van der Waals surface area contributed by atoms with Gasteiger partial charge in [-0.3, -0.25) is 4.79 Å². The summed E-state index contributed by atoms with van der Waals surface area (Å²) < 4.78 is 12.5. The van der Waals surface area contributed by atoms with Crippen LogP contribution in [0.1, 0.15) is 32.1 Å². The lowest BCUT2D eigenvalue weighted by Crippen LogP contribution is -2.54. The van der Waals surface area contributed by atoms with Crippen LogP contribution in [0.4, 0.5) is 4.79 Å². The average molecular weight is 587 g/mol. The number of hydrogen-bond acceptors (Lipinski definition) is 6. The van der Waals surface area contributed by atoms with Crippen LogP contribution in [0, 0.1) is 5.92 Å². The Morgan fingerprint density at radius 2 is 2.05 bits per heavy atom. The van der Waals surface area contributed by atoms with Crippen LogP contribution in [-0.4, -0.2) is 82.7 Å². The van der Waals surface area contributed by atoms with E-state index in [9.17, 15) is 19.5 Å². The summed E-state index contributed by atoms with van der Waals surface area (Å²) in [5.74, 6) is -0.738. The van der Waals surface area contributed by atoms with Crippen LogP contribution in [0.3, 0.4) is 0 Å². The highest BCUT2D eigenvalue weighted by Gasteiger charge is 2.61. The zero-order chi connectivity index (χ0) is 27.0. The van der Waals surface area contributed by atoms with Crippen molar-refractivity contribution < 1.29 is 29.0 Å². The number of carbonyl (C=O) groups excluding carboxylic acids is 2. The van der Waals surface area contributed by atoms with Crippen molar-refractivity contribution in [1.82, 2.24) is 20.1 Å². The highest BCUT2D eigenvalue weighted by atomic mass is 79.9. The fourth-order valence-corrected chi connectivity index (χ4v) is 6.02. The number of methoxy groups -OCH3 is 1. The van der Waals surface area contributed by atoms with Gasteiger partial charge in [0, 0.05) is 42.9 Å². The molecule has 11 heteroatoms. The maximum atomic E-state index is 13.5. The lowest BCUT2D eigenvalue weighted by molar-refractivity contribution is -0.144. The van der Waals surface area contributed by atoms with Gasteiger partial charge in [-0.25, -0.2) is 14.6 Å². The molecule has 0 radical (unpaired) electrons. The van der Waals surface area contributed by atoms with Crippen molar-refractivity contribution in [3.05, 3.63) is 41.0 Å². The van der Waals surface area contributed by atoms with Gasteiger partial charge in [-0.2, -0.15) is 0 Å². The molecule has 4 unspecified atom stereocenters. The number of fused-ring (bicyclic) bond motifs is 3. The van der Waals surface area contributed by atoms with E-state index in [2.05, 4.69) is 26.2 Å². The van der Waals surface area contributed by atoms with Crippen molar-refractivity contribution >= 4 is 44.6 Å². The van der Waals surface area contributed by atoms with E-state index >= 15 is 0 Å². The van der Waals surface area contributed by atoms with Crippen LogP contribution < -0.4 is 14.8 Å². The Labute approximate surface area is 229 Å². The number of aromatic nitrogens is 1. The third kappa shape index (κ3) is 4.79. The second-order valence-corrected chi connectivity index (χ2v) is 10.9. The van der Waals surface area contributed by atoms with Crippen LogP contribution in [0.15, 0.2) is 41.0 Å². The van der Waals surface area contributed by atoms with Crippen molar-refractivity contribution in [1.29, 1.82) is 0 Å². The Hall–Kier alpha value is -3.34. The first-order valence-corrected chi connectivity index (χ1v) is 13.6. The van der Waals surface area contributed by atoms with Crippen LogP contribution in [0.25, 0.3) is 10.8 Å². The molecule has 2 fully saturated rings. The number of pyridine rings is 1. The summed E-state index contributed by atoms with van der Waals surface area (Å²) in [5.41, 5.74) is -1.33. The summed E-state index contributed by atoms with van der Waals surface area (Å²) in [7, 11) is 3.32. The lowest BCUT2D eigenvalue weighted by Gasteiger charge is -2.29. The first-order chi connectivity index (χ1) is 18.2. The Balaban J connectivity index is 1.42. The number of aliphatic carboxylic acids is 1. The van der Waals surface area contributed by atoms with E-state index in [1.54, 1.807) is 25.3 Å². The summed E-state index contributed by atoms with van der Waals surface area (Å²) in [5, 5.41) is 14.3. The number of carboxylic acid groups (broad SMARTS) is 1. The van der Waals surface area contributed by atoms with Crippen LogP contribution in [0.5, 0.6) is 11.6 Å². The number of benzene rings is 1. The predicted octanol–water partition coefficient (Wildman–Crippen LogP) is 3.58. The minimum atomic E-state index is -1.33. The maximum absolute atomic E-state index is 13.5. The van der Waals surface area contributed by atoms with Gasteiger partial charge in [0.2, 0.25) is 11.8 Å². The molecular formula is C27H31BrN4O6. The molecule has 1 saturated heterocycles. The summed E-state index contributed by atoms with van der Waals surface area (Å²) >= 11 is 3.57. The smallest absolute Gasteiger partial charge is 0.330 e. The number of nitrogens with zero attached hydrogens (tertiary/aromatic N) is 3. The Morgan fingerprint density at radius 1 is 1.24 bits per heavy atom. The van der Waals surface area contributed by atoms with Crippen molar-refractivity contribution in [3.63, 3.8) is 0 Å². The number of carboxylic acids is 1. The van der Waals surface area contributed by atoms with Gasteiger partial charge in [-0.15, -0.1) is 0 Å². The Bertz CT molecular complexity index is 1300. The first-order valence-electron chi connectivity index (χ1n) is 12.8. The molecule has 1 saturated carbocycles. The Morgan fingerprint density at radius 3 is 2.82 bits per heavy atom. The van der Waals surface area contributed by atoms with E-state index in [0.29, 0.717) is 24.6 Å². The molecule has 2 N–H and O–H groups in total. The topological polar surface area (TPSA) is 121 Å². The average Bonchev–Trinajstić information content (AvgIpc) is 3.43. The fraction of sp³-hybridized carbons (Fsp3) is 0.481. The van der Waals surface area contributed by atoms with E-state index in [-0.39, 0.29) is 24.9 Å². The molecule has 1 aliphatic carbocycles. The molecule has 10 nitrogen and oxygen atoms in total. The number of rotatable bonds is 4. The van der Waals surface area contributed by atoms with Crippen molar-refractivity contribution in [3.8, 4) is 11.6 Å². The number of ether oxygens (including phenoxy) is 2. The van der Waals surface area contributed by atoms with Gasteiger partial charge in [-0.1, -0.05) is 12.2 Å². The normalized spacial score (nSPS) is 27.8. The van der Waals surface area contributed by atoms with E-state index in [4.69, 9.17) is 9.47 Å². The van der Waals surface area contributed by atoms with Crippen LogP contribution >= 0.6 is 15.9 Å². The minimum absolute atomic E-state index is 0.181. The largest absolute Gasteiger partial charge is 0.496 e. The van der Waals surface area contributed by atoms with Crippen molar-refractivity contribution in [2.24, 2.45) is 5.92 Å². The summed E-state index contributed by atoms with van der Waals surface area (Å²) in [6.45, 7) is 0.742. The number of halogens is 1. The molecule has 1 aromatic heterocycles. The summed E-state index contributed by atoms with van der Waals surface area (Å²) in [4.78, 5) is 46.6. The molecule has 2 aliphatic heterocycles. The van der Waals surface area contributed by atoms with E-state index < -0.39 is 29.6 Å². The molecule has 1 aromatic carbocycles. The van der Waals surface area contributed by atoms with E-state index in [1.165, 1.54) is 4.90 Å².